The van der Waals surface area contributed by atoms with Crippen LogP contribution in [-0.2, 0) is 6.54 Å². The van der Waals surface area contributed by atoms with Crippen molar-refractivity contribution in [3.63, 3.8) is 0 Å². The van der Waals surface area contributed by atoms with E-state index in [4.69, 9.17) is 5.73 Å². The molecule has 1 fully saturated rings. The van der Waals surface area contributed by atoms with Gasteiger partial charge in [-0.05, 0) is 46.9 Å². The molecule has 0 aromatic carbocycles. The molecule has 1 aliphatic rings. The highest BCUT2D eigenvalue weighted by Gasteiger charge is 2.23. The number of fused-ring (bicyclic) bond motifs is 1. The number of nitrogens with two attached hydrogens (primary N) is 1. The highest BCUT2D eigenvalue weighted by molar-refractivity contribution is 9.10. The Labute approximate surface area is 131 Å². The Morgan fingerprint density at radius 3 is 3.05 bits per heavy atom. The van der Waals surface area contributed by atoms with Crippen molar-refractivity contribution in [2.45, 2.75) is 25.9 Å². The third kappa shape index (κ3) is 3.17. The molecule has 0 radical (unpaired) electrons. The lowest BCUT2D eigenvalue weighted by atomic mass is 9.94. The number of likely N-dealkylation sites (tertiary alicyclic amines) is 1. The van der Waals surface area contributed by atoms with Crippen molar-refractivity contribution in [2.75, 3.05) is 13.1 Å². The molecule has 2 unspecified atom stereocenters. The summed E-state index contributed by atoms with van der Waals surface area (Å²) in [6.07, 6.45) is 2.84. The van der Waals surface area contributed by atoms with Crippen LogP contribution >= 0.6 is 15.9 Å². The molecule has 21 heavy (non-hydrogen) atoms. The molecule has 1 aliphatic heterocycles. The molecule has 0 saturated carbocycles. The average molecular weight is 351 g/mol. The quantitative estimate of drug-likeness (QED) is 0.893. The van der Waals surface area contributed by atoms with E-state index in [1.165, 1.54) is 0 Å². The number of hydrogen-bond acceptors (Lipinski definition) is 4. The van der Waals surface area contributed by atoms with Gasteiger partial charge in [0.25, 0.3) is 5.56 Å². The van der Waals surface area contributed by atoms with E-state index in [-0.39, 0.29) is 11.6 Å². The van der Waals surface area contributed by atoms with E-state index in [1.807, 2.05) is 12.1 Å². The van der Waals surface area contributed by atoms with Crippen molar-refractivity contribution in [3.05, 3.63) is 44.9 Å². The minimum absolute atomic E-state index is 0.0500. The van der Waals surface area contributed by atoms with Crippen LogP contribution in [0.1, 0.15) is 19.0 Å². The lowest BCUT2D eigenvalue weighted by Crippen LogP contribution is -2.47. The number of nitrogens with zero attached hydrogens (tertiary/aromatic N) is 3. The zero-order chi connectivity index (χ0) is 15.0. The predicted octanol–water partition coefficient (Wildman–Crippen LogP) is 1.63. The van der Waals surface area contributed by atoms with Crippen LogP contribution in [0.2, 0.25) is 0 Å². The monoisotopic (exact) mass is 350 g/mol. The van der Waals surface area contributed by atoms with Crippen molar-refractivity contribution >= 4 is 21.6 Å². The van der Waals surface area contributed by atoms with Gasteiger partial charge in [0.2, 0.25) is 0 Å². The second-order valence-electron chi connectivity index (χ2n) is 5.83. The molecular formula is C15H19BrN4O. The Hall–Kier alpha value is -1.24. The Balaban J connectivity index is 1.85. The SMILES string of the molecule is CC1CCN(Cc2cc(=O)n3cc(Br)ccc3n2)CC1N. The fraction of sp³-hybridized carbons (Fsp3) is 0.467. The second-order valence-corrected chi connectivity index (χ2v) is 6.74. The summed E-state index contributed by atoms with van der Waals surface area (Å²) in [4.78, 5) is 19.0. The zero-order valence-corrected chi connectivity index (χ0v) is 13.6. The first-order chi connectivity index (χ1) is 10.0. The van der Waals surface area contributed by atoms with E-state index >= 15 is 0 Å². The number of rotatable bonds is 2. The molecule has 0 amide bonds. The molecule has 0 bridgehead atoms. The van der Waals surface area contributed by atoms with E-state index < -0.39 is 0 Å². The van der Waals surface area contributed by atoms with E-state index in [0.717, 1.165) is 29.7 Å². The van der Waals surface area contributed by atoms with Crippen LogP contribution in [-0.4, -0.2) is 33.4 Å². The summed E-state index contributed by atoms with van der Waals surface area (Å²) in [5, 5.41) is 0. The van der Waals surface area contributed by atoms with Gasteiger partial charge in [-0.2, -0.15) is 0 Å². The molecule has 5 nitrogen and oxygen atoms in total. The number of halogens is 1. The van der Waals surface area contributed by atoms with Gasteiger partial charge in [0.05, 0.1) is 5.69 Å². The number of hydrogen-bond donors (Lipinski definition) is 1. The van der Waals surface area contributed by atoms with Crippen LogP contribution < -0.4 is 11.3 Å². The minimum Gasteiger partial charge on any atom is -0.326 e. The maximum atomic E-state index is 12.2. The molecule has 2 atom stereocenters. The van der Waals surface area contributed by atoms with Gasteiger partial charge in [-0.1, -0.05) is 6.92 Å². The normalized spacial score (nSPS) is 23.6. The maximum Gasteiger partial charge on any atom is 0.258 e. The molecule has 112 valence electrons. The Kier molecular flexibility index (Phi) is 4.10. The lowest BCUT2D eigenvalue weighted by molar-refractivity contribution is 0.160. The number of piperidine rings is 1. The topological polar surface area (TPSA) is 63.6 Å². The van der Waals surface area contributed by atoms with Gasteiger partial charge >= 0.3 is 0 Å². The lowest BCUT2D eigenvalue weighted by Gasteiger charge is -2.34. The van der Waals surface area contributed by atoms with Crippen LogP contribution in [0, 0.1) is 5.92 Å². The van der Waals surface area contributed by atoms with Crippen molar-refractivity contribution in [2.24, 2.45) is 11.7 Å². The minimum atomic E-state index is -0.0500. The van der Waals surface area contributed by atoms with E-state index in [1.54, 1.807) is 16.7 Å². The van der Waals surface area contributed by atoms with Gasteiger partial charge in [-0.3, -0.25) is 14.1 Å². The molecule has 2 aromatic heterocycles. The Morgan fingerprint density at radius 2 is 2.29 bits per heavy atom. The molecule has 3 heterocycles. The first kappa shape index (κ1) is 14.7. The van der Waals surface area contributed by atoms with E-state index in [0.29, 0.717) is 18.1 Å². The second kappa shape index (κ2) is 5.87. The van der Waals surface area contributed by atoms with E-state index in [9.17, 15) is 4.79 Å². The summed E-state index contributed by atoms with van der Waals surface area (Å²) in [5.74, 6) is 0.564. The summed E-state index contributed by atoms with van der Waals surface area (Å²) in [6, 6.07) is 5.56. The smallest absolute Gasteiger partial charge is 0.258 e. The van der Waals surface area contributed by atoms with Crippen molar-refractivity contribution in [1.82, 2.24) is 14.3 Å². The zero-order valence-electron chi connectivity index (χ0n) is 12.0. The third-order valence-corrected chi connectivity index (χ3v) is 4.63. The van der Waals surface area contributed by atoms with Gasteiger partial charge in [0.1, 0.15) is 5.65 Å². The Morgan fingerprint density at radius 1 is 1.48 bits per heavy atom. The van der Waals surface area contributed by atoms with Gasteiger partial charge in [0.15, 0.2) is 0 Å². The molecule has 0 spiro atoms. The van der Waals surface area contributed by atoms with Crippen LogP contribution in [0.25, 0.3) is 5.65 Å². The standard InChI is InChI=1S/C15H19BrN4O/c1-10-4-5-19(9-13(10)17)8-12-6-15(21)20-7-11(16)2-3-14(20)18-12/h2-3,6-7,10,13H,4-5,8-9,17H2,1H3. The Bertz CT molecular complexity index is 714. The predicted molar refractivity (Wildman–Crippen MR) is 86.2 cm³/mol. The average Bonchev–Trinajstić information content (AvgIpc) is 2.44. The first-order valence-corrected chi connectivity index (χ1v) is 7.98. The largest absolute Gasteiger partial charge is 0.326 e. The van der Waals surface area contributed by atoms with Crippen LogP contribution in [0.3, 0.4) is 0 Å². The van der Waals surface area contributed by atoms with Gasteiger partial charge in [0, 0.05) is 35.9 Å². The summed E-state index contributed by atoms with van der Waals surface area (Å²) in [6.45, 7) is 4.75. The summed E-state index contributed by atoms with van der Waals surface area (Å²) in [5.41, 5.74) is 7.56. The number of aromatic nitrogens is 2. The molecule has 2 aromatic rings. The molecule has 2 N–H and O–H groups in total. The highest BCUT2D eigenvalue weighted by Crippen LogP contribution is 2.17. The molecule has 3 rings (SSSR count). The van der Waals surface area contributed by atoms with Crippen LogP contribution in [0.5, 0.6) is 0 Å². The van der Waals surface area contributed by atoms with E-state index in [2.05, 4.69) is 32.7 Å². The van der Waals surface area contributed by atoms with Gasteiger partial charge < -0.3 is 5.73 Å². The summed E-state index contributed by atoms with van der Waals surface area (Å²) in [7, 11) is 0. The van der Waals surface area contributed by atoms with Crippen LogP contribution in [0.15, 0.2) is 33.7 Å². The summed E-state index contributed by atoms with van der Waals surface area (Å²) >= 11 is 3.37. The number of pyridine rings is 1. The molecule has 0 aliphatic carbocycles. The first-order valence-electron chi connectivity index (χ1n) is 7.19. The van der Waals surface area contributed by atoms with Crippen LogP contribution in [0.4, 0.5) is 0 Å². The third-order valence-electron chi connectivity index (χ3n) is 4.16. The van der Waals surface area contributed by atoms with Crippen molar-refractivity contribution in [3.8, 4) is 0 Å². The molecular weight excluding hydrogens is 332 g/mol. The fourth-order valence-electron chi connectivity index (χ4n) is 2.75. The molecule has 1 saturated heterocycles. The molecule has 6 heteroatoms. The van der Waals surface area contributed by atoms with Gasteiger partial charge in [-0.15, -0.1) is 0 Å². The van der Waals surface area contributed by atoms with Crippen molar-refractivity contribution in [1.29, 1.82) is 0 Å². The fourth-order valence-corrected chi connectivity index (χ4v) is 3.09. The highest BCUT2D eigenvalue weighted by atomic mass is 79.9. The maximum absolute atomic E-state index is 12.2. The van der Waals surface area contributed by atoms with Gasteiger partial charge in [-0.25, -0.2) is 4.98 Å². The summed E-state index contributed by atoms with van der Waals surface area (Å²) < 4.78 is 2.42. The van der Waals surface area contributed by atoms with Crippen molar-refractivity contribution < 1.29 is 0 Å².